The van der Waals surface area contributed by atoms with Crippen LogP contribution in [-0.4, -0.2) is 40.6 Å². The SMILES string of the molecule is CC1c2c([nH]c3ccc(C(C)(F)F)cc23)CC2CCN(CCC3(C(=O)O)CCCCC3)CC21. The number of carbonyl (C=O) groups is 1. The monoisotopic (exact) mass is 458 g/mol. The first-order valence-electron chi connectivity index (χ1n) is 12.7. The Bertz CT molecular complexity index is 1030. The fourth-order valence-corrected chi connectivity index (χ4v) is 6.99. The van der Waals surface area contributed by atoms with Gasteiger partial charge in [-0.1, -0.05) is 32.3 Å². The van der Waals surface area contributed by atoms with Crippen molar-refractivity contribution in [2.75, 3.05) is 19.6 Å². The minimum absolute atomic E-state index is 0.0721. The van der Waals surface area contributed by atoms with Crippen molar-refractivity contribution in [1.82, 2.24) is 9.88 Å². The van der Waals surface area contributed by atoms with E-state index in [4.69, 9.17) is 0 Å². The van der Waals surface area contributed by atoms with Gasteiger partial charge in [-0.15, -0.1) is 0 Å². The van der Waals surface area contributed by atoms with E-state index in [1.807, 2.05) is 0 Å². The Balaban J connectivity index is 1.35. The molecule has 3 unspecified atom stereocenters. The molecule has 2 fully saturated rings. The van der Waals surface area contributed by atoms with Gasteiger partial charge < -0.3 is 15.0 Å². The molecular weight excluding hydrogens is 422 g/mol. The molecule has 180 valence electrons. The Hall–Kier alpha value is -1.95. The first-order valence-corrected chi connectivity index (χ1v) is 12.7. The Kier molecular flexibility index (Phi) is 5.79. The van der Waals surface area contributed by atoms with Crippen molar-refractivity contribution < 1.29 is 18.7 Å². The normalized spacial score (nSPS) is 27.8. The van der Waals surface area contributed by atoms with Crippen molar-refractivity contribution >= 4 is 16.9 Å². The molecule has 2 aliphatic carbocycles. The molecule has 1 saturated heterocycles. The second-order valence-electron chi connectivity index (χ2n) is 11.1. The Labute approximate surface area is 194 Å². The molecule has 1 aromatic heterocycles. The number of alkyl halides is 2. The predicted molar refractivity (Wildman–Crippen MR) is 126 cm³/mol. The van der Waals surface area contributed by atoms with Crippen molar-refractivity contribution in [3.05, 3.63) is 35.0 Å². The number of likely N-dealkylation sites (tertiary alicyclic amines) is 1. The minimum atomic E-state index is -2.85. The van der Waals surface area contributed by atoms with E-state index in [1.165, 1.54) is 17.3 Å². The van der Waals surface area contributed by atoms with Crippen molar-refractivity contribution in [1.29, 1.82) is 0 Å². The zero-order chi connectivity index (χ0) is 23.4. The maximum atomic E-state index is 14.0. The highest BCUT2D eigenvalue weighted by Gasteiger charge is 2.42. The van der Waals surface area contributed by atoms with E-state index in [9.17, 15) is 18.7 Å². The van der Waals surface area contributed by atoms with Gasteiger partial charge in [-0.2, -0.15) is 0 Å². The second kappa shape index (κ2) is 8.37. The summed E-state index contributed by atoms with van der Waals surface area (Å²) in [5.41, 5.74) is 2.92. The summed E-state index contributed by atoms with van der Waals surface area (Å²) < 4.78 is 28.0. The maximum absolute atomic E-state index is 14.0. The highest BCUT2D eigenvalue weighted by molar-refractivity contribution is 5.86. The number of nitrogens with one attached hydrogen (secondary N) is 1. The van der Waals surface area contributed by atoms with Gasteiger partial charge in [-0.3, -0.25) is 4.79 Å². The van der Waals surface area contributed by atoms with Crippen LogP contribution in [0.25, 0.3) is 10.9 Å². The third-order valence-corrected chi connectivity index (χ3v) is 9.05. The molecule has 0 spiro atoms. The smallest absolute Gasteiger partial charge is 0.309 e. The van der Waals surface area contributed by atoms with Crippen molar-refractivity contribution in [2.45, 2.75) is 77.1 Å². The van der Waals surface area contributed by atoms with Gasteiger partial charge in [-0.25, -0.2) is 8.78 Å². The molecule has 2 aromatic rings. The van der Waals surface area contributed by atoms with E-state index in [2.05, 4.69) is 16.8 Å². The number of aromatic nitrogens is 1. The van der Waals surface area contributed by atoms with Crippen LogP contribution in [0.4, 0.5) is 8.78 Å². The van der Waals surface area contributed by atoms with E-state index in [0.717, 1.165) is 88.8 Å². The summed E-state index contributed by atoms with van der Waals surface area (Å²) in [7, 11) is 0. The minimum Gasteiger partial charge on any atom is -0.481 e. The van der Waals surface area contributed by atoms with Crippen LogP contribution in [0, 0.1) is 17.3 Å². The molecule has 0 radical (unpaired) electrons. The molecule has 2 N–H and O–H groups in total. The van der Waals surface area contributed by atoms with Crippen molar-refractivity contribution in [3.63, 3.8) is 0 Å². The fraction of sp³-hybridized carbons (Fsp3) is 0.667. The standard InChI is InChI=1S/C27H36F2N2O2/c1-17-21-16-31(13-11-27(25(32)33)9-4-3-5-10-27)12-8-18(21)14-23-24(17)20-15-19(26(2,28)29)6-7-22(20)30-23/h6-7,15,17-18,21,30H,3-5,8-14,16H2,1-2H3,(H,32,33). The lowest BCUT2D eigenvalue weighted by Crippen LogP contribution is -2.47. The quantitative estimate of drug-likeness (QED) is 0.553. The van der Waals surface area contributed by atoms with Crippen LogP contribution in [0.1, 0.15) is 81.5 Å². The first kappa shape index (κ1) is 22.8. The lowest BCUT2D eigenvalue weighted by atomic mass is 9.67. The van der Waals surface area contributed by atoms with Crippen LogP contribution in [0.2, 0.25) is 0 Å². The number of piperidine rings is 1. The fourth-order valence-electron chi connectivity index (χ4n) is 6.99. The lowest BCUT2D eigenvalue weighted by Gasteiger charge is -2.45. The molecule has 1 aromatic carbocycles. The number of H-pyrrole nitrogens is 1. The van der Waals surface area contributed by atoms with Crippen LogP contribution in [0.3, 0.4) is 0 Å². The number of fused-ring (bicyclic) bond motifs is 4. The van der Waals surface area contributed by atoms with E-state index >= 15 is 0 Å². The molecule has 2 heterocycles. The molecule has 0 bridgehead atoms. The van der Waals surface area contributed by atoms with Gasteiger partial charge >= 0.3 is 5.97 Å². The van der Waals surface area contributed by atoms with Gasteiger partial charge in [0.25, 0.3) is 5.92 Å². The zero-order valence-electron chi connectivity index (χ0n) is 19.8. The summed E-state index contributed by atoms with van der Waals surface area (Å²) in [6.45, 7) is 6.04. The molecule has 33 heavy (non-hydrogen) atoms. The van der Waals surface area contributed by atoms with Gasteiger partial charge in [-0.05, 0) is 80.6 Å². The predicted octanol–water partition coefficient (Wildman–Crippen LogP) is 6.30. The molecule has 3 aliphatic rings. The van der Waals surface area contributed by atoms with Crippen LogP contribution in [0.15, 0.2) is 18.2 Å². The number of halogens is 2. The topological polar surface area (TPSA) is 56.3 Å². The molecule has 1 saturated carbocycles. The average Bonchev–Trinajstić information content (AvgIpc) is 3.15. The third-order valence-electron chi connectivity index (χ3n) is 9.05. The molecular formula is C27H36F2N2O2. The van der Waals surface area contributed by atoms with E-state index in [-0.39, 0.29) is 5.56 Å². The molecule has 3 atom stereocenters. The molecule has 0 amide bonds. The second-order valence-corrected chi connectivity index (χ2v) is 11.1. The largest absolute Gasteiger partial charge is 0.481 e. The number of benzene rings is 1. The van der Waals surface area contributed by atoms with Gasteiger partial charge in [0.05, 0.1) is 5.41 Å². The molecule has 1 aliphatic heterocycles. The van der Waals surface area contributed by atoms with Gasteiger partial charge in [0.15, 0.2) is 0 Å². The summed E-state index contributed by atoms with van der Waals surface area (Å²) in [6, 6.07) is 5.02. The third kappa shape index (κ3) is 4.09. The molecule has 5 rings (SSSR count). The van der Waals surface area contributed by atoms with Crippen LogP contribution >= 0.6 is 0 Å². The number of rotatable bonds is 5. The van der Waals surface area contributed by atoms with Gasteiger partial charge in [0.1, 0.15) is 0 Å². The number of aromatic amines is 1. The van der Waals surface area contributed by atoms with Crippen LogP contribution < -0.4 is 0 Å². The highest BCUT2D eigenvalue weighted by atomic mass is 19.3. The lowest BCUT2D eigenvalue weighted by molar-refractivity contribution is -0.152. The average molecular weight is 459 g/mol. The summed E-state index contributed by atoms with van der Waals surface area (Å²) in [5, 5.41) is 10.9. The Morgan fingerprint density at radius 3 is 2.73 bits per heavy atom. The summed E-state index contributed by atoms with van der Waals surface area (Å²) in [4.78, 5) is 18.1. The summed E-state index contributed by atoms with van der Waals surface area (Å²) in [5.74, 6) is -2.11. The number of nitrogens with zero attached hydrogens (tertiary/aromatic N) is 1. The maximum Gasteiger partial charge on any atom is 0.309 e. The van der Waals surface area contributed by atoms with E-state index < -0.39 is 17.3 Å². The summed E-state index contributed by atoms with van der Waals surface area (Å²) in [6.07, 6.45) is 7.64. The molecule has 4 nitrogen and oxygen atoms in total. The van der Waals surface area contributed by atoms with Crippen LogP contribution in [-0.2, 0) is 17.1 Å². The molecule has 6 heteroatoms. The van der Waals surface area contributed by atoms with E-state index in [0.29, 0.717) is 17.8 Å². The first-order chi connectivity index (χ1) is 15.7. The van der Waals surface area contributed by atoms with Gasteiger partial charge in [0.2, 0.25) is 0 Å². The zero-order valence-corrected chi connectivity index (χ0v) is 19.8. The van der Waals surface area contributed by atoms with Crippen LogP contribution in [0.5, 0.6) is 0 Å². The number of hydrogen-bond donors (Lipinski definition) is 2. The van der Waals surface area contributed by atoms with Crippen molar-refractivity contribution in [2.24, 2.45) is 17.3 Å². The Morgan fingerprint density at radius 2 is 2.03 bits per heavy atom. The van der Waals surface area contributed by atoms with Crippen molar-refractivity contribution in [3.8, 4) is 0 Å². The number of aliphatic carboxylic acids is 1. The number of carboxylic acids is 1. The van der Waals surface area contributed by atoms with E-state index in [1.54, 1.807) is 12.1 Å². The Morgan fingerprint density at radius 1 is 1.27 bits per heavy atom. The van der Waals surface area contributed by atoms with Gasteiger partial charge in [0, 0.05) is 35.6 Å². The highest BCUT2D eigenvalue weighted by Crippen LogP contribution is 2.47. The number of hydrogen-bond acceptors (Lipinski definition) is 2. The summed E-state index contributed by atoms with van der Waals surface area (Å²) >= 11 is 0. The number of carboxylic acid groups (broad SMARTS) is 1.